The van der Waals surface area contributed by atoms with Gasteiger partial charge in [-0.25, -0.2) is 17.8 Å². The number of hydrogen-bond acceptors (Lipinski definition) is 7. The number of H-pyrrole nitrogens is 1. The van der Waals surface area contributed by atoms with E-state index < -0.39 is 15.8 Å². The molecule has 1 aromatic heterocycles. The molecule has 0 radical (unpaired) electrons. The lowest BCUT2D eigenvalue weighted by Crippen LogP contribution is -2.25. The van der Waals surface area contributed by atoms with Gasteiger partial charge in [0, 0.05) is 4.90 Å². The molecule has 0 aliphatic carbocycles. The molecule has 0 spiro atoms. The molecule has 12 heteroatoms. The SMILES string of the molecule is O=C1COc2ccc(S(=O)(=O)Nc3cc(F)ccc3Sc3ncn[nH]3)cc2N1. The molecule has 1 aliphatic rings. The summed E-state index contributed by atoms with van der Waals surface area (Å²) in [7, 11) is -4.07. The Balaban J connectivity index is 1.66. The molecule has 0 atom stereocenters. The third-order valence-corrected chi connectivity index (χ3v) is 6.01. The largest absolute Gasteiger partial charge is 0.482 e. The molecule has 0 saturated carbocycles. The highest BCUT2D eigenvalue weighted by Crippen LogP contribution is 2.34. The van der Waals surface area contributed by atoms with Crippen LogP contribution >= 0.6 is 11.8 Å². The van der Waals surface area contributed by atoms with Gasteiger partial charge in [0.15, 0.2) is 11.8 Å². The Morgan fingerprint density at radius 2 is 2.07 bits per heavy atom. The van der Waals surface area contributed by atoms with E-state index in [0.717, 1.165) is 17.8 Å². The molecular formula is C16H12FN5O4S2. The number of nitrogens with one attached hydrogen (secondary N) is 3. The van der Waals surface area contributed by atoms with Crippen molar-refractivity contribution in [2.24, 2.45) is 0 Å². The second-order valence-electron chi connectivity index (χ2n) is 5.63. The van der Waals surface area contributed by atoms with E-state index in [-0.39, 0.29) is 28.8 Å². The number of anilines is 2. The standard InChI is InChI=1S/C16H12FN5O4S2/c17-9-1-4-14(27-16-18-8-19-21-16)12(5-9)22-28(24,25)10-2-3-13-11(6-10)20-15(23)7-26-13/h1-6,8,22H,7H2,(H,20,23)(H,18,19,21). The maximum absolute atomic E-state index is 13.7. The zero-order valence-corrected chi connectivity index (χ0v) is 15.6. The quantitative estimate of drug-likeness (QED) is 0.577. The second-order valence-corrected chi connectivity index (χ2v) is 8.35. The number of hydrogen-bond donors (Lipinski definition) is 3. The molecule has 2 aromatic carbocycles. The second kappa shape index (κ2) is 7.13. The normalized spacial score (nSPS) is 13.4. The summed E-state index contributed by atoms with van der Waals surface area (Å²) in [5.41, 5.74) is 0.286. The number of ether oxygens (including phenoxy) is 1. The first-order chi connectivity index (χ1) is 13.4. The van der Waals surface area contributed by atoms with Crippen LogP contribution < -0.4 is 14.8 Å². The molecule has 9 nitrogen and oxygen atoms in total. The average Bonchev–Trinajstić information content (AvgIpc) is 3.16. The lowest BCUT2D eigenvalue weighted by atomic mass is 10.2. The molecule has 2 heterocycles. The number of halogens is 1. The molecule has 0 saturated heterocycles. The van der Waals surface area contributed by atoms with Gasteiger partial charge in [-0.2, -0.15) is 5.10 Å². The van der Waals surface area contributed by atoms with Gasteiger partial charge in [0.2, 0.25) is 0 Å². The van der Waals surface area contributed by atoms with Crippen LogP contribution in [-0.2, 0) is 14.8 Å². The first-order valence-corrected chi connectivity index (χ1v) is 10.1. The van der Waals surface area contributed by atoms with E-state index in [9.17, 15) is 17.6 Å². The van der Waals surface area contributed by atoms with Crippen LogP contribution in [0.3, 0.4) is 0 Å². The Morgan fingerprint density at radius 3 is 2.86 bits per heavy atom. The van der Waals surface area contributed by atoms with E-state index >= 15 is 0 Å². The van der Waals surface area contributed by atoms with Crippen LogP contribution in [0.2, 0.25) is 0 Å². The van der Waals surface area contributed by atoms with Crippen LogP contribution in [0.25, 0.3) is 0 Å². The van der Waals surface area contributed by atoms with Crippen molar-refractivity contribution in [2.75, 3.05) is 16.6 Å². The molecule has 1 aliphatic heterocycles. The maximum atomic E-state index is 13.7. The van der Waals surface area contributed by atoms with Crippen LogP contribution in [0.5, 0.6) is 5.75 Å². The van der Waals surface area contributed by atoms with Crippen molar-refractivity contribution in [1.82, 2.24) is 15.2 Å². The lowest BCUT2D eigenvalue weighted by molar-refractivity contribution is -0.118. The molecule has 3 aromatic rings. The van der Waals surface area contributed by atoms with Crippen molar-refractivity contribution < 1.29 is 22.3 Å². The summed E-state index contributed by atoms with van der Waals surface area (Å²) < 4.78 is 46.9. The number of nitrogens with zero attached hydrogens (tertiary/aromatic N) is 2. The highest BCUT2D eigenvalue weighted by atomic mass is 32.2. The first-order valence-electron chi connectivity index (χ1n) is 7.83. The molecule has 3 N–H and O–H groups in total. The third kappa shape index (κ3) is 3.77. The minimum atomic E-state index is -4.07. The molecule has 4 rings (SSSR count). The van der Waals surface area contributed by atoms with E-state index in [1.54, 1.807) is 0 Å². The summed E-state index contributed by atoms with van der Waals surface area (Å²) in [6.45, 7) is -0.136. The maximum Gasteiger partial charge on any atom is 0.262 e. The first kappa shape index (κ1) is 18.3. The highest BCUT2D eigenvalue weighted by Gasteiger charge is 2.22. The minimum absolute atomic E-state index is 0.0411. The Hall–Kier alpha value is -3.12. The van der Waals surface area contributed by atoms with E-state index in [1.165, 1.54) is 36.7 Å². The number of aromatic amines is 1. The Labute approximate surface area is 162 Å². The van der Waals surface area contributed by atoms with Crippen molar-refractivity contribution in [1.29, 1.82) is 0 Å². The van der Waals surface area contributed by atoms with Gasteiger partial charge in [0.05, 0.1) is 16.3 Å². The van der Waals surface area contributed by atoms with Gasteiger partial charge in [-0.15, -0.1) is 0 Å². The number of benzene rings is 2. The third-order valence-electron chi connectivity index (χ3n) is 3.68. The number of fused-ring (bicyclic) bond motifs is 1. The number of rotatable bonds is 5. The fourth-order valence-electron chi connectivity index (χ4n) is 2.45. The van der Waals surface area contributed by atoms with Gasteiger partial charge in [0.1, 0.15) is 17.9 Å². The average molecular weight is 421 g/mol. The van der Waals surface area contributed by atoms with Crippen molar-refractivity contribution in [3.05, 3.63) is 48.5 Å². The van der Waals surface area contributed by atoms with Gasteiger partial charge < -0.3 is 10.1 Å². The fraction of sp³-hybridized carbons (Fsp3) is 0.0625. The Kier molecular flexibility index (Phi) is 4.65. The smallest absolute Gasteiger partial charge is 0.262 e. The lowest BCUT2D eigenvalue weighted by Gasteiger charge is -2.19. The minimum Gasteiger partial charge on any atom is -0.482 e. The van der Waals surface area contributed by atoms with Gasteiger partial charge in [0.25, 0.3) is 15.9 Å². The van der Waals surface area contributed by atoms with Gasteiger partial charge in [-0.1, -0.05) is 0 Å². The van der Waals surface area contributed by atoms with Crippen molar-refractivity contribution in [3.8, 4) is 5.75 Å². The number of amides is 1. The van der Waals surface area contributed by atoms with Crippen LogP contribution in [0.15, 0.2) is 57.7 Å². The zero-order valence-electron chi connectivity index (χ0n) is 14.0. The van der Waals surface area contributed by atoms with Crippen molar-refractivity contribution in [2.45, 2.75) is 14.9 Å². The number of aromatic nitrogens is 3. The zero-order chi connectivity index (χ0) is 19.7. The predicted molar refractivity (Wildman–Crippen MR) is 98.3 cm³/mol. The van der Waals surface area contributed by atoms with E-state index in [4.69, 9.17) is 4.74 Å². The molecular weight excluding hydrogens is 409 g/mol. The van der Waals surface area contributed by atoms with Crippen molar-refractivity contribution >= 4 is 39.1 Å². The number of carbonyl (C=O) groups excluding carboxylic acids is 1. The monoisotopic (exact) mass is 421 g/mol. The summed E-state index contributed by atoms with van der Waals surface area (Å²) in [5.74, 6) is -0.623. The van der Waals surface area contributed by atoms with Crippen LogP contribution in [0, 0.1) is 5.82 Å². The Morgan fingerprint density at radius 1 is 1.21 bits per heavy atom. The molecule has 0 unspecified atom stereocenters. The van der Waals surface area contributed by atoms with E-state index in [2.05, 4.69) is 25.2 Å². The fourth-order valence-corrected chi connectivity index (χ4v) is 4.38. The Bertz CT molecular complexity index is 1150. The van der Waals surface area contributed by atoms with Gasteiger partial charge in [-0.3, -0.25) is 14.6 Å². The predicted octanol–water partition coefficient (Wildman–Crippen LogP) is 2.23. The highest BCUT2D eigenvalue weighted by molar-refractivity contribution is 7.99. The van der Waals surface area contributed by atoms with Crippen LogP contribution in [0.4, 0.5) is 15.8 Å². The molecule has 0 fully saturated rings. The number of sulfonamides is 1. The van der Waals surface area contributed by atoms with E-state index in [0.29, 0.717) is 15.8 Å². The molecule has 28 heavy (non-hydrogen) atoms. The van der Waals surface area contributed by atoms with Gasteiger partial charge >= 0.3 is 0 Å². The summed E-state index contributed by atoms with van der Waals surface area (Å²) in [6.07, 6.45) is 1.30. The molecule has 144 valence electrons. The van der Waals surface area contributed by atoms with Crippen molar-refractivity contribution in [3.63, 3.8) is 0 Å². The molecule has 1 amide bonds. The summed E-state index contributed by atoms with van der Waals surface area (Å²) >= 11 is 1.09. The van der Waals surface area contributed by atoms with Crippen LogP contribution in [-0.4, -0.2) is 36.1 Å². The van der Waals surface area contributed by atoms with Crippen LogP contribution in [0.1, 0.15) is 0 Å². The topological polar surface area (TPSA) is 126 Å². The van der Waals surface area contributed by atoms with E-state index in [1.807, 2.05) is 0 Å². The summed E-state index contributed by atoms with van der Waals surface area (Å²) in [5, 5.41) is 9.32. The molecule has 0 bridgehead atoms. The van der Waals surface area contributed by atoms with Gasteiger partial charge in [-0.05, 0) is 48.2 Å². The number of carbonyl (C=O) groups is 1. The summed E-state index contributed by atoms with van der Waals surface area (Å²) in [4.78, 5) is 15.7. The summed E-state index contributed by atoms with van der Waals surface area (Å²) in [6, 6.07) is 7.76.